The first-order chi connectivity index (χ1) is 12.0. The Bertz CT molecular complexity index is 637. The van der Waals surface area contributed by atoms with Crippen molar-refractivity contribution in [1.82, 2.24) is 4.90 Å². The van der Waals surface area contributed by atoms with Gasteiger partial charge >= 0.3 is 0 Å². The molecule has 0 aliphatic heterocycles. The summed E-state index contributed by atoms with van der Waals surface area (Å²) in [6.45, 7) is 3.23. The zero-order valence-electron chi connectivity index (χ0n) is 14.9. The van der Waals surface area contributed by atoms with Gasteiger partial charge in [0.25, 0.3) is 5.69 Å². The van der Waals surface area contributed by atoms with E-state index in [2.05, 4.69) is 10.2 Å². The van der Waals surface area contributed by atoms with Gasteiger partial charge in [0, 0.05) is 24.7 Å². The van der Waals surface area contributed by atoms with E-state index < -0.39 is 4.92 Å². The molecule has 0 heterocycles. The highest BCUT2D eigenvalue weighted by Gasteiger charge is 2.32. The Labute approximate surface area is 148 Å². The zero-order chi connectivity index (χ0) is 17.8. The summed E-state index contributed by atoms with van der Waals surface area (Å²) in [5, 5.41) is 13.8. The van der Waals surface area contributed by atoms with Crippen molar-refractivity contribution >= 4 is 17.3 Å². The van der Waals surface area contributed by atoms with E-state index in [9.17, 15) is 14.9 Å². The third-order valence-corrected chi connectivity index (χ3v) is 5.33. The molecule has 136 valence electrons. The van der Waals surface area contributed by atoms with Crippen LogP contribution in [0.15, 0.2) is 18.2 Å². The lowest BCUT2D eigenvalue weighted by Crippen LogP contribution is -2.38. The molecule has 2 aliphatic rings. The van der Waals surface area contributed by atoms with Gasteiger partial charge < -0.3 is 5.32 Å². The lowest BCUT2D eigenvalue weighted by molar-refractivity contribution is -0.384. The zero-order valence-corrected chi connectivity index (χ0v) is 14.9. The molecule has 2 fully saturated rings. The van der Waals surface area contributed by atoms with Crippen molar-refractivity contribution in [2.45, 2.75) is 57.9 Å². The highest BCUT2D eigenvalue weighted by molar-refractivity contribution is 5.93. The Morgan fingerprint density at radius 2 is 1.96 bits per heavy atom. The fraction of sp³-hybridized carbons (Fsp3) is 0.632. The Morgan fingerprint density at radius 1 is 1.24 bits per heavy atom. The van der Waals surface area contributed by atoms with E-state index in [1.165, 1.54) is 57.1 Å². The number of nitro benzene ring substituents is 1. The van der Waals surface area contributed by atoms with Crippen LogP contribution in [0.5, 0.6) is 0 Å². The molecule has 6 nitrogen and oxygen atoms in total. The fourth-order valence-electron chi connectivity index (χ4n) is 3.72. The van der Waals surface area contributed by atoms with Crippen LogP contribution in [0.1, 0.15) is 50.5 Å². The van der Waals surface area contributed by atoms with Gasteiger partial charge in [0.05, 0.1) is 17.2 Å². The largest absolute Gasteiger partial charge is 0.324 e. The Hall–Kier alpha value is -1.95. The molecular formula is C19H27N3O3. The summed E-state index contributed by atoms with van der Waals surface area (Å²) in [4.78, 5) is 25.3. The van der Waals surface area contributed by atoms with Crippen LogP contribution in [0.4, 0.5) is 11.4 Å². The van der Waals surface area contributed by atoms with Crippen LogP contribution < -0.4 is 5.32 Å². The molecule has 2 saturated carbocycles. The van der Waals surface area contributed by atoms with Crippen LogP contribution in [0.3, 0.4) is 0 Å². The summed E-state index contributed by atoms with van der Waals surface area (Å²) in [7, 11) is 0. The maximum atomic E-state index is 12.5. The van der Waals surface area contributed by atoms with Gasteiger partial charge in [-0.2, -0.15) is 0 Å². The average Bonchev–Trinajstić information content (AvgIpc) is 3.42. The second kappa shape index (κ2) is 7.95. The number of hydrogen-bond donors (Lipinski definition) is 1. The van der Waals surface area contributed by atoms with Crippen LogP contribution in [0.25, 0.3) is 0 Å². The summed E-state index contributed by atoms with van der Waals surface area (Å²) in [5.74, 6) is 0.632. The number of benzene rings is 1. The molecule has 0 radical (unpaired) electrons. The van der Waals surface area contributed by atoms with E-state index in [4.69, 9.17) is 0 Å². The molecule has 0 saturated heterocycles. The highest BCUT2D eigenvalue weighted by Crippen LogP contribution is 2.31. The SMILES string of the molecule is Cc1ccc([N+](=O)[O-])cc1NC(=O)CN(CC1CCCCC1)C1CC1. The van der Waals surface area contributed by atoms with Gasteiger partial charge in [-0.05, 0) is 44.1 Å². The monoisotopic (exact) mass is 345 g/mol. The number of nitrogens with one attached hydrogen (secondary N) is 1. The van der Waals surface area contributed by atoms with E-state index in [-0.39, 0.29) is 11.6 Å². The minimum absolute atomic E-state index is 0.00200. The topological polar surface area (TPSA) is 75.5 Å². The molecule has 0 aromatic heterocycles. The summed E-state index contributed by atoms with van der Waals surface area (Å²) in [6.07, 6.45) is 8.85. The number of hydrogen-bond acceptors (Lipinski definition) is 4. The quantitative estimate of drug-likeness (QED) is 0.601. The summed E-state index contributed by atoms with van der Waals surface area (Å²) in [6, 6.07) is 5.12. The fourth-order valence-corrected chi connectivity index (χ4v) is 3.72. The number of aryl methyl sites for hydroxylation is 1. The standard InChI is InChI=1S/C19H27N3O3/c1-14-7-8-17(22(24)25)11-18(14)20-19(23)13-21(16-9-10-16)12-15-5-3-2-4-6-15/h7-8,11,15-16H,2-6,9-10,12-13H2,1H3,(H,20,23). The number of amides is 1. The molecule has 1 aromatic carbocycles. The van der Waals surface area contributed by atoms with Crippen LogP contribution in [0.2, 0.25) is 0 Å². The molecular weight excluding hydrogens is 318 g/mol. The van der Waals surface area contributed by atoms with Crippen LogP contribution >= 0.6 is 0 Å². The lowest BCUT2D eigenvalue weighted by atomic mass is 9.89. The Morgan fingerprint density at radius 3 is 2.60 bits per heavy atom. The molecule has 0 spiro atoms. The van der Waals surface area contributed by atoms with Crippen molar-refractivity contribution in [3.63, 3.8) is 0 Å². The number of non-ortho nitro benzene ring substituents is 1. The maximum absolute atomic E-state index is 12.5. The van der Waals surface area contributed by atoms with Crippen molar-refractivity contribution in [3.05, 3.63) is 33.9 Å². The Balaban J connectivity index is 1.60. The van der Waals surface area contributed by atoms with Crippen molar-refractivity contribution in [3.8, 4) is 0 Å². The van der Waals surface area contributed by atoms with Gasteiger partial charge in [-0.25, -0.2) is 0 Å². The molecule has 1 aromatic rings. The molecule has 0 bridgehead atoms. The molecule has 1 amide bonds. The van der Waals surface area contributed by atoms with E-state index in [0.717, 1.165) is 12.1 Å². The predicted molar refractivity (Wildman–Crippen MR) is 97.6 cm³/mol. The van der Waals surface area contributed by atoms with Crippen molar-refractivity contribution in [2.24, 2.45) is 5.92 Å². The van der Waals surface area contributed by atoms with Crippen LogP contribution in [-0.2, 0) is 4.79 Å². The van der Waals surface area contributed by atoms with E-state index >= 15 is 0 Å². The summed E-state index contributed by atoms with van der Waals surface area (Å²) < 4.78 is 0. The Kier molecular flexibility index (Phi) is 5.68. The van der Waals surface area contributed by atoms with Crippen LogP contribution in [-0.4, -0.2) is 34.9 Å². The first-order valence-electron chi connectivity index (χ1n) is 9.32. The van der Waals surface area contributed by atoms with Crippen molar-refractivity contribution in [1.29, 1.82) is 0 Å². The van der Waals surface area contributed by atoms with Gasteiger partial charge in [-0.1, -0.05) is 25.3 Å². The molecule has 6 heteroatoms. The number of nitro groups is 1. The van der Waals surface area contributed by atoms with Gasteiger partial charge in [0.15, 0.2) is 0 Å². The number of nitrogens with zero attached hydrogens (tertiary/aromatic N) is 2. The summed E-state index contributed by atoms with van der Waals surface area (Å²) >= 11 is 0. The molecule has 25 heavy (non-hydrogen) atoms. The smallest absolute Gasteiger partial charge is 0.271 e. The van der Waals surface area contributed by atoms with E-state index in [1.807, 2.05) is 6.92 Å². The predicted octanol–water partition coefficient (Wildman–Crippen LogP) is 3.89. The van der Waals surface area contributed by atoms with Gasteiger partial charge in [0.1, 0.15) is 0 Å². The van der Waals surface area contributed by atoms with Gasteiger partial charge in [0.2, 0.25) is 5.91 Å². The molecule has 0 atom stereocenters. The third-order valence-electron chi connectivity index (χ3n) is 5.33. The van der Waals surface area contributed by atoms with Gasteiger partial charge in [-0.15, -0.1) is 0 Å². The van der Waals surface area contributed by atoms with Crippen molar-refractivity contribution in [2.75, 3.05) is 18.4 Å². The lowest BCUT2D eigenvalue weighted by Gasteiger charge is -2.29. The van der Waals surface area contributed by atoms with Crippen molar-refractivity contribution < 1.29 is 9.72 Å². The average molecular weight is 345 g/mol. The second-order valence-corrected chi connectivity index (χ2v) is 7.47. The van der Waals surface area contributed by atoms with E-state index in [1.54, 1.807) is 6.07 Å². The molecule has 1 N–H and O–H groups in total. The highest BCUT2D eigenvalue weighted by atomic mass is 16.6. The number of carbonyl (C=O) groups excluding carboxylic acids is 1. The van der Waals surface area contributed by atoms with Crippen LogP contribution in [0, 0.1) is 23.0 Å². The third kappa shape index (κ3) is 5.01. The normalized spacial score (nSPS) is 18.3. The molecule has 0 unspecified atom stereocenters. The minimum atomic E-state index is -0.436. The molecule has 3 rings (SSSR count). The maximum Gasteiger partial charge on any atom is 0.271 e. The number of rotatable bonds is 7. The van der Waals surface area contributed by atoms with Gasteiger partial charge in [-0.3, -0.25) is 19.8 Å². The first-order valence-corrected chi connectivity index (χ1v) is 9.32. The first kappa shape index (κ1) is 17.9. The minimum Gasteiger partial charge on any atom is -0.324 e. The second-order valence-electron chi connectivity index (χ2n) is 7.47. The number of anilines is 1. The number of carbonyl (C=O) groups is 1. The molecule has 2 aliphatic carbocycles. The van der Waals surface area contributed by atoms with E-state index in [0.29, 0.717) is 24.2 Å². The summed E-state index contributed by atoms with van der Waals surface area (Å²) in [5.41, 5.74) is 1.37.